The van der Waals surface area contributed by atoms with Crippen molar-refractivity contribution in [3.8, 4) is 11.8 Å². The molecule has 1 aliphatic heterocycles. The maximum atomic E-state index is 12.9. The molecule has 2 aliphatic rings. The molecule has 0 bridgehead atoms. The summed E-state index contributed by atoms with van der Waals surface area (Å²) in [5.74, 6) is 0.808. The number of rotatable bonds is 1. The molecule has 1 aliphatic carbocycles. The molecule has 2 N–H and O–H groups in total. The van der Waals surface area contributed by atoms with E-state index in [0.717, 1.165) is 17.7 Å². The van der Waals surface area contributed by atoms with E-state index in [0.29, 0.717) is 23.4 Å². The molecule has 0 unspecified atom stereocenters. The van der Waals surface area contributed by atoms with Gasteiger partial charge in [-0.15, -0.1) is 0 Å². The third-order valence-electron chi connectivity index (χ3n) is 4.81. The Morgan fingerprint density at radius 2 is 2.20 bits per heavy atom. The molecule has 6 heteroatoms. The zero-order valence-corrected chi connectivity index (χ0v) is 14.1. The van der Waals surface area contributed by atoms with Gasteiger partial charge in [0, 0.05) is 17.7 Å². The van der Waals surface area contributed by atoms with Crippen molar-refractivity contribution < 1.29 is 9.90 Å². The molecule has 25 heavy (non-hydrogen) atoms. The van der Waals surface area contributed by atoms with Crippen molar-refractivity contribution in [3.05, 3.63) is 52.9 Å². The van der Waals surface area contributed by atoms with Gasteiger partial charge >= 0.3 is 0 Å². The molecule has 0 radical (unpaired) electrons. The summed E-state index contributed by atoms with van der Waals surface area (Å²) in [5.41, 5.74) is 2.59. The molecule has 0 spiro atoms. The van der Waals surface area contributed by atoms with Crippen LogP contribution in [0.2, 0.25) is 0 Å². The maximum Gasteiger partial charge on any atom is 0.163 e. The zero-order chi connectivity index (χ0) is 17.8. The van der Waals surface area contributed by atoms with Crippen LogP contribution in [0.15, 0.2) is 41.7 Å². The number of carbonyl (C=O) groups excluding carboxylic acids is 1. The lowest BCUT2D eigenvalue weighted by atomic mass is 9.73. The second-order valence-electron chi connectivity index (χ2n) is 7.42. The SMILES string of the molecule is CC1(C)CC(=O)C2=C(C1)Nc1c(C#N)cnn1[C@@H]2c1cccc(O)c1. The number of nitriles is 1. The minimum absolute atomic E-state index is 0.0757. The summed E-state index contributed by atoms with van der Waals surface area (Å²) in [4.78, 5) is 12.9. The van der Waals surface area contributed by atoms with Crippen LogP contribution in [-0.4, -0.2) is 20.7 Å². The van der Waals surface area contributed by atoms with E-state index in [2.05, 4.69) is 30.3 Å². The van der Waals surface area contributed by atoms with Crippen LogP contribution in [0.25, 0.3) is 0 Å². The van der Waals surface area contributed by atoms with E-state index in [9.17, 15) is 15.2 Å². The molecule has 1 aromatic carbocycles. The number of phenolic OH excluding ortho intramolecular Hbond substituents is 1. The molecule has 0 amide bonds. The Balaban J connectivity index is 1.95. The lowest BCUT2D eigenvalue weighted by Crippen LogP contribution is -2.36. The average molecular weight is 334 g/mol. The quantitative estimate of drug-likeness (QED) is 0.836. The molecule has 2 aromatic rings. The van der Waals surface area contributed by atoms with Crippen LogP contribution >= 0.6 is 0 Å². The van der Waals surface area contributed by atoms with Gasteiger partial charge in [-0.1, -0.05) is 26.0 Å². The summed E-state index contributed by atoms with van der Waals surface area (Å²) in [7, 11) is 0. The summed E-state index contributed by atoms with van der Waals surface area (Å²) in [6, 6.07) is 8.55. The van der Waals surface area contributed by atoms with Crippen molar-refractivity contribution >= 4 is 11.6 Å². The second-order valence-corrected chi connectivity index (χ2v) is 7.42. The fraction of sp³-hybridized carbons (Fsp3) is 0.316. The maximum absolute atomic E-state index is 12.9. The normalized spacial score (nSPS) is 21.2. The Labute approximate surface area is 145 Å². The van der Waals surface area contributed by atoms with Gasteiger partial charge in [0.05, 0.1) is 6.20 Å². The van der Waals surface area contributed by atoms with Crippen LogP contribution in [0.4, 0.5) is 5.82 Å². The van der Waals surface area contributed by atoms with Crippen LogP contribution in [0, 0.1) is 16.7 Å². The van der Waals surface area contributed by atoms with E-state index in [-0.39, 0.29) is 16.9 Å². The number of nitrogens with one attached hydrogen (secondary N) is 1. The van der Waals surface area contributed by atoms with Crippen molar-refractivity contribution in [1.29, 1.82) is 5.26 Å². The third kappa shape index (κ3) is 2.40. The smallest absolute Gasteiger partial charge is 0.163 e. The minimum atomic E-state index is -0.441. The Hall–Kier alpha value is -3.07. The lowest BCUT2D eigenvalue weighted by molar-refractivity contribution is -0.118. The van der Waals surface area contributed by atoms with Gasteiger partial charge in [0.15, 0.2) is 5.78 Å². The Morgan fingerprint density at radius 3 is 2.92 bits per heavy atom. The molecule has 0 saturated heterocycles. The number of allylic oxidation sites excluding steroid dienone is 2. The molecule has 1 atom stereocenters. The fourth-order valence-corrected chi connectivity index (χ4v) is 3.80. The van der Waals surface area contributed by atoms with Crippen LogP contribution in [0.3, 0.4) is 0 Å². The summed E-state index contributed by atoms with van der Waals surface area (Å²) >= 11 is 0. The molecule has 2 heterocycles. The van der Waals surface area contributed by atoms with Gasteiger partial charge in [0.2, 0.25) is 0 Å². The number of nitrogens with zero attached hydrogens (tertiary/aromatic N) is 3. The first kappa shape index (κ1) is 15.5. The number of anilines is 1. The van der Waals surface area contributed by atoms with Gasteiger partial charge in [0.1, 0.15) is 29.2 Å². The van der Waals surface area contributed by atoms with Gasteiger partial charge < -0.3 is 10.4 Å². The second kappa shape index (κ2) is 5.21. The Bertz CT molecular complexity index is 962. The van der Waals surface area contributed by atoms with Crippen LogP contribution < -0.4 is 5.32 Å². The number of aromatic hydroxyl groups is 1. The Kier molecular flexibility index (Phi) is 3.22. The number of fused-ring (bicyclic) bond motifs is 1. The molecule has 6 nitrogen and oxygen atoms in total. The molecule has 126 valence electrons. The predicted octanol–water partition coefficient (Wildman–Crippen LogP) is 3.12. The first-order chi connectivity index (χ1) is 11.9. The van der Waals surface area contributed by atoms with E-state index in [1.165, 1.54) is 6.20 Å². The summed E-state index contributed by atoms with van der Waals surface area (Å²) in [5, 5.41) is 26.9. The monoisotopic (exact) mass is 334 g/mol. The molecular weight excluding hydrogens is 316 g/mol. The van der Waals surface area contributed by atoms with Crippen LogP contribution in [0.5, 0.6) is 5.75 Å². The summed E-state index contributed by atoms with van der Waals surface area (Å²) < 4.78 is 1.67. The van der Waals surface area contributed by atoms with Crippen molar-refractivity contribution in [3.63, 3.8) is 0 Å². The van der Waals surface area contributed by atoms with Gasteiger partial charge in [-0.05, 0) is 29.5 Å². The molecular formula is C19H18N4O2. The summed E-state index contributed by atoms with van der Waals surface area (Å²) in [6.45, 7) is 4.13. The number of hydrogen-bond donors (Lipinski definition) is 2. The zero-order valence-electron chi connectivity index (χ0n) is 14.1. The van der Waals surface area contributed by atoms with Crippen LogP contribution in [-0.2, 0) is 4.79 Å². The fourth-order valence-electron chi connectivity index (χ4n) is 3.80. The number of benzene rings is 1. The van der Waals surface area contributed by atoms with Gasteiger partial charge in [-0.25, -0.2) is 4.68 Å². The topological polar surface area (TPSA) is 90.9 Å². The molecule has 1 aromatic heterocycles. The highest BCUT2D eigenvalue weighted by Gasteiger charge is 2.41. The van der Waals surface area contributed by atoms with Gasteiger partial charge in [-0.2, -0.15) is 10.4 Å². The van der Waals surface area contributed by atoms with E-state index in [4.69, 9.17) is 0 Å². The molecule has 0 fully saturated rings. The van der Waals surface area contributed by atoms with Crippen molar-refractivity contribution in [1.82, 2.24) is 9.78 Å². The van der Waals surface area contributed by atoms with Crippen LogP contribution in [0.1, 0.15) is 43.9 Å². The highest BCUT2D eigenvalue weighted by molar-refractivity contribution is 6.00. The third-order valence-corrected chi connectivity index (χ3v) is 4.81. The van der Waals surface area contributed by atoms with Crippen molar-refractivity contribution in [2.24, 2.45) is 5.41 Å². The lowest BCUT2D eigenvalue weighted by Gasteiger charge is -2.38. The largest absolute Gasteiger partial charge is 0.508 e. The molecule has 0 saturated carbocycles. The number of carbonyl (C=O) groups is 1. The van der Waals surface area contributed by atoms with E-state index >= 15 is 0 Å². The Morgan fingerprint density at radius 1 is 1.40 bits per heavy atom. The van der Waals surface area contributed by atoms with E-state index in [1.807, 2.05) is 6.07 Å². The number of aromatic nitrogens is 2. The highest BCUT2D eigenvalue weighted by Crippen LogP contribution is 2.46. The molecule has 4 rings (SSSR count). The number of phenols is 1. The summed E-state index contributed by atoms with van der Waals surface area (Å²) in [6.07, 6.45) is 2.69. The average Bonchev–Trinajstić information content (AvgIpc) is 2.94. The minimum Gasteiger partial charge on any atom is -0.508 e. The number of ketones is 1. The highest BCUT2D eigenvalue weighted by atomic mass is 16.3. The number of hydrogen-bond acceptors (Lipinski definition) is 5. The van der Waals surface area contributed by atoms with Gasteiger partial charge in [-0.3, -0.25) is 4.79 Å². The van der Waals surface area contributed by atoms with Crippen molar-refractivity contribution in [2.45, 2.75) is 32.7 Å². The van der Waals surface area contributed by atoms with E-state index in [1.54, 1.807) is 22.9 Å². The predicted molar refractivity (Wildman–Crippen MR) is 91.9 cm³/mol. The number of Topliss-reactive ketones (excluding diaryl/α,β-unsaturated/α-hetero) is 1. The van der Waals surface area contributed by atoms with Crippen molar-refractivity contribution in [2.75, 3.05) is 5.32 Å². The first-order valence-corrected chi connectivity index (χ1v) is 8.19. The standard InChI is InChI=1S/C19H18N4O2/c1-19(2)7-14-16(15(25)8-19)17(11-4-3-5-13(24)6-11)23-18(22-14)12(9-20)10-21-23/h3-6,10,17,22,24H,7-8H2,1-2H3/t17-/m1/s1. The van der Waals surface area contributed by atoms with Gasteiger partial charge in [0.25, 0.3) is 0 Å². The first-order valence-electron chi connectivity index (χ1n) is 8.19. The van der Waals surface area contributed by atoms with E-state index < -0.39 is 6.04 Å².